The number of ether oxygens (including phenoxy) is 1. The smallest absolute Gasteiger partial charge is 0.279 e. The molecule has 9 nitrogen and oxygen atoms in total. The van der Waals surface area contributed by atoms with Gasteiger partial charge in [0.25, 0.3) is 10.2 Å². The zero-order valence-corrected chi connectivity index (χ0v) is 18.7. The van der Waals surface area contributed by atoms with Crippen LogP contribution in [0.5, 0.6) is 0 Å². The summed E-state index contributed by atoms with van der Waals surface area (Å²) in [6, 6.07) is 4.29. The molecule has 2 aliphatic heterocycles. The Bertz CT molecular complexity index is 748. The number of aromatic nitrogens is 2. The molecule has 0 saturated carbocycles. The maximum Gasteiger partial charge on any atom is 0.279 e. The predicted octanol–water partition coefficient (Wildman–Crippen LogP) is 0.567. The van der Waals surface area contributed by atoms with Crippen molar-refractivity contribution in [1.29, 1.82) is 0 Å². The maximum absolute atomic E-state index is 13.1. The lowest BCUT2D eigenvalue weighted by Crippen LogP contribution is -2.55. The summed E-state index contributed by atoms with van der Waals surface area (Å²) >= 11 is 0. The molecule has 1 aromatic heterocycles. The lowest BCUT2D eigenvalue weighted by Gasteiger charge is -2.39. The van der Waals surface area contributed by atoms with Gasteiger partial charge in [-0.2, -0.15) is 22.5 Å². The summed E-state index contributed by atoms with van der Waals surface area (Å²) in [6.45, 7) is 7.26. The third kappa shape index (κ3) is 5.43. The number of hydrogen-bond acceptors (Lipinski definition) is 7. The van der Waals surface area contributed by atoms with Crippen molar-refractivity contribution in [2.45, 2.75) is 44.8 Å². The zero-order valence-electron chi connectivity index (χ0n) is 17.9. The molecule has 2 aliphatic rings. The van der Waals surface area contributed by atoms with Gasteiger partial charge >= 0.3 is 0 Å². The van der Waals surface area contributed by atoms with Crippen LogP contribution >= 0.6 is 0 Å². The highest BCUT2D eigenvalue weighted by Crippen LogP contribution is 2.24. The molecule has 0 radical (unpaired) electrons. The monoisotopic (exact) mass is 426 g/mol. The van der Waals surface area contributed by atoms with Crippen LogP contribution in [0.15, 0.2) is 18.3 Å². The number of likely N-dealkylation sites (N-methyl/N-ethyl adjacent to an activating group) is 1. The number of anilines is 1. The highest BCUT2D eigenvalue weighted by Gasteiger charge is 2.38. The van der Waals surface area contributed by atoms with E-state index in [1.165, 1.54) is 0 Å². The van der Waals surface area contributed by atoms with E-state index in [9.17, 15) is 8.42 Å². The normalized spacial score (nSPS) is 26.6. The topological polar surface area (TPSA) is 90.9 Å². The summed E-state index contributed by atoms with van der Waals surface area (Å²) < 4.78 is 36.1. The first-order valence-corrected chi connectivity index (χ1v) is 11.8. The molecular weight excluding hydrogens is 392 g/mol. The van der Waals surface area contributed by atoms with E-state index in [-0.39, 0.29) is 18.0 Å². The summed E-state index contributed by atoms with van der Waals surface area (Å²) in [5.41, 5.74) is 0. The molecule has 2 saturated heterocycles. The van der Waals surface area contributed by atoms with Gasteiger partial charge in [0.05, 0.1) is 6.61 Å². The number of rotatable bonds is 8. The Balaban J connectivity index is 1.63. The standard InChI is InChI=1S/C19H34N6O3S/c1-15(2)23(3)17-7-11-25(13-17)29(26,27)22-18-8-10-24(12-16(18)14-28-4)19-6-5-9-20-21-19/h5-6,9,15-18,22H,7-8,10-14H2,1-4H3/t16-,17-,18-/m0/s1. The minimum absolute atomic E-state index is 0.0438. The Hall–Kier alpha value is -1.33. The van der Waals surface area contributed by atoms with Crippen molar-refractivity contribution in [2.75, 3.05) is 51.8 Å². The Morgan fingerprint density at radius 3 is 2.76 bits per heavy atom. The molecule has 29 heavy (non-hydrogen) atoms. The fourth-order valence-electron chi connectivity index (χ4n) is 4.19. The Labute approximate surface area is 174 Å². The van der Waals surface area contributed by atoms with Crippen LogP contribution in [0.2, 0.25) is 0 Å². The first kappa shape index (κ1) is 22.4. The van der Waals surface area contributed by atoms with Crippen LogP contribution in [-0.2, 0) is 14.9 Å². The van der Waals surface area contributed by atoms with E-state index in [0.717, 1.165) is 18.8 Å². The molecule has 0 bridgehead atoms. The van der Waals surface area contributed by atoms with Gasteiger partial charge in [-0.3, -0.25) is 4.90 Å². The number of piperidine rings is 1. The molecule has 0 spiro atoms. The molecule has 0 unspecified atom stereocenters. The molecule has 0 aliphatic carbocycles. The lowest BCUT2D eigenvalue weighted by molar-refractivity contribution is 0.127. The van der Waals surface area contributed by atoms with Crippen molar-refractivity contribution >= 4 is 16.0 Å². The Kier molecular flexibility index (Phi) is 7.44. The van der Waals surface area contributed by atoms with E-state index in [1.54, 1.807) is 17.6 Å². The van der Waals surface area contributed by atoms with E-state index in [4.69, 9.17) is 4.74 Å². The molecule has 0 aromatic carbocycles. The summed E-state index contributed by atoms with van der Waals surface area (Å²) in [7, 11) is 0.187. The Morgan fingerprint density at radius 1 is 1.31 bits per heavy atom. The van der Waals surface area contributed by atoms with Crippen LogP contribution < -0.4 is 9.62 Å². The Morgan fingerprint density at radius 2 is 2.10 bits per heavy atom. The van der Waals surface area contributed by atoms with E-state index in [2.05, 4.69) is 45.6 Å². The van der Waals surface area contributed by atoms with Gasteiger partial charge < -0.3 is 9.64 Å². The van der Waals surface area contributed by atoms with Gasteiger partial charge in [0.1, 0.15) is 0 Å². The molecule has 1 aromatic rings. The molecule has 10 heteroatoms. The second-order valence-electron chi connectivity index (χ2n) is 8.32. The summed E-state index contributed by atoms with van der Waals surface area (Å²) in [4.78, 5) is 4.40. The number of nitrogens with zero attached hydrogens (tertiary/aromatic N) is 5. The van der Waals surface area contributed by atoms with Gasteiger partial charge in [0.2, 0.25) is 0 Å². The maximum atomic E-state index is 13.1. The van der Waals surface area contributed by atoms with E-state index >= 15 is 0 Å². The molecule has 0 amide bonds. The minimum atomic E-state index is -3.53. The van der Waals surface area contributed by atoms with Crippen LogP contribution in [0.4, 0.5) is 5.82 Å². The number of hydrogen-bond donors (Lipinski definition) is 1. The van der Waals surface area contributed by atoms with Gasteiger partial charge in [0, 0.05) is 63.5 Å². The summed E-state index contributed by atoms with van der Waals surface area (Å²) in [6.07, 6.45) is 3.21. The van der Waals surface area contributed by atoms with Crippen molar-refractivity contribution in [3.05, 3.63) is 18.3 Å². The molecule has 3 atom stereocenters. The highest BCUT2D eigenvalue weighted by atomic mass is 32.2. The van der Waals surface area contributed by atoms with Crippen molar-refractivity contribution in [1.82, 2.24) is 24.1 Å². The minimum Gasteiger partial charge on any atom is -0.384 e. The largest absolute Gasteiger partial charge is 0.384 e. The van der Waals surface area contributed by atoms with Crippen LogP contribution in [0, 0.1) is 5.92 Å². The van der Waals surface area contributed by atoms with Crippen LogP contribution in [-0.4, -0.2) is 92.9 Å². The third-order valence-electron chi connectivity index (χ3n) is 6.15. The van der Waals surface area contributed by atoms with Crippen molar-refractivity contribution in [2.24, 2.45) is 5.92 Å². The zero-order chi connectivity index (χ0) is 21.0. The fraction of sp³-hybridized carbons (Fsp3) is 0.789. The van der Waals surface area contributed by atoms with Crippen molar-refractivity contribution in [3.63, 3.8) is 0 Å². The third-order valence-corrected chi connectivity index (χ3v) is 7.77. The molecule has 1 N–H and O–H groups in total. The van der Waals surface area contributed by atoms with Crippen LogP contribution in [0.3, 0.4) is 0 Å². The summed E-state index contributed by atoms with van der Waals surface area (Å²) in [5, 5.41) is 8.13. The highest BCUT2D eigenvalue weighted by molar-refractivity contribution is 7.87. The fourth-order valence-corrected chi connectivity index (χ4v) is 5.75. The second kappa shape index (κ2) is 9.65. The predicted molar refractivity (Wildman–Crippen MR) is 113 cm³/mol. The van der Waals surface area contributed by atoms with Gasteiger partial charge in [-0.15, -0.1) is 5.10 Å². The van der Waals surface area contributed by atoms with Gasteiger partial charge in [-0.25, -0.2) is 0 Å². The quantitative estimate of drug-likeness (QED) is 0.650. The van der Waals surface area contributed by atoms with Crippen molar-refractivity contribution < 1.29 is 13.2 Å². The van der Waals surface area contributed by atoms with E-state index in [1.807, 2.05) is 12.1 Å². The van der Waals surface area contributed by atoms with Crippen LogP contribution in [0.1, 0.15) is 26.7 Å². The molecule has 164 valence electrons. The van der Waals surface area contributed by atoms with E-state index in [0.29, 0.717) is 38.7 Å². The summed E-state index contributed by atoms with van der Waals surface area (Å²) in [5.74, 6) is 0.858. The SMILES string of the molecule is COC[C@@H]1CN(c2cccnn2)CC[C@@H]1NS(=O)(=O)N1CC[C@H](N(C)C(C)C)C1. The first-order chi connectivity index (χ1) is 13.8. The van der Waals surface area contributed by atoms with Crippen molar-refractivity contribution in [3.8, 4) is 0 Å². The molecule has 3 rings (SSSR count). The lowest BCUT2D eigenvalue weighted by atomic mass is 9.93. The number of nitrogens with one attached hydrogen (secondary N) is 1. The second-order valence-corrected chi connectivity index (χ2v) is 10.0. The number of methoxy groups -OCH3 is 1. The molecule has 2 fully saturated rings. The average molecular weight is 427 g/mol. The van der Waals surface area contributed by atoms with Crippen LogP contribution in [0.25, 0.3) is 0 Å². The van der Waals surface area contributed by atoms with Gasteiger partial charge in [-0.1, -0.05) is 0 Å². The van der Waals surface area contributed by atoms with Gasteiger partial charge in [0.15, 0.2) is 5.82 Å². The molecular formula is C19H34N6O3S. The van der Waals surface area contributed by atoms with E-state index < -0.39 is 10.2 Å². The average Bonchev–Trinajstić information content (AvgIpc) is 3.20. The van der Waals surface area contributed by atoms with Gasteiger partial charge in [-0.05, 0) is 45.9 Å². The first-order valence-electron chi connectivity index (χ1n) is 10.3. The molecule has 3 heterocycles.